The molecular formula is C12H21BrN2S. The van der Waals surface area contributed by atoms with E-state index in [4.69, 9.17) is 0 Å². The molecule has 1 heterocycles. The van der Waals surface area contributed by atoms with Gasteiger partial charge in [0, 0.05) is 26.8 Å². The van der Waals surface area contributed by atoms with Gasteiger partial charge in [-0.05, 0) is 62.9 Å². The molecule has 92 valence electrons. The Morgan fingerprint density at radius 1 is 1.44 bits per heavy atom. The molecule has 16 heavy (non-hydrogen) atoms. The first-order valence-electron chi connectivity index (χ1n) is 5.63. The van der Waals surface area contributed by atoms with Crippen LogP contribution in [0.25, 0.3) is 0 Å². The van der Waals surface area contributed by atoms with Crippen LogP contribution in [0.2, 0.25) is 0 Å². The first-order chi connectivity index (χ1) is 7.49. The standard InChI is InChI=1S/C12H21BrN2S/c1-9(5-6-15(3)4)14-10(2)12-7-11(13)8-16-12/h7-10,14H,5-6H2,1-4H3. The second kappa shape index (κ2) is 6.74. The number of hydrogen-bond donors (Lipinski definition) is 1. The van der Waals surface area contributed by atoms with E-state index in [2.05, 4.69) is 65.5 Å². The first-order valence-corrected chi connectivity index (χ1v) is 7.31. The molecule has 0 spiro atoms. The molecule has 0 radical (unpaired) electrons. The van der Waals surface area contributed by atoms with Crippen molar-refractivity contribution in [2.45, 2.75) is 32.4 Å². The minimum Gasteiger partial charge on any atom is -0.309 e. The van der Waals surface area contributed by atoms with Crippen molar-refractivity contribution in [2.24, 2.45) is 0 Å². The summed E-state index contributed by atoms with van der Waals surface area (Å²) >= 11 is 5.30. The lowest BCUT2D eigenvalue weighted by Gasteiger charge is -2.20. The van der Waals surface area contributed by atoms with Crippen LogP contribution in [-0.2, 0) is 0 Å². The van der Waals surface area contributed by atoms with Gasteiger partial charge in [-0.1, -0.05) is 0 Å². The molecule has 1 aromatic heterocycles. The van der Waals surface area contributed by atoms with Crippen molar-refractivity contribution in [2.75, 3.05) is 20.6 Å². The van der Waals surface area contributed by atoms with Crippen LogP contribution < -0.4 is 5.32 Å². The van der Waals surface area contributed by atoms with Gasteiger partial charge in [-0.15, -0.1) is 11.3 Å². The van der Waals surface area contributed by atoms with Gasteiger partial charge in [0.15, 0.2) is 0 Å². The van der Waals surface area contributed by atoms with Crippen LogP contribution in [0, 0.1) is 0 Å². The number of thiophene rings is 1. The molecule has 0 aliphatic rings. The van der Waals surface area contributed by atoms with E-state index in [9.17, 15) is 0 Å². The number of hydrogen-bond acceptors (Lipinski definition) is 3. The van der Waals surface area contributed by atoms with E-state index in [1.807, 2.05) is 0 Å². The monoisotopic (exact) mass is 304 g/mol. The topological polar surface area (TPSA) is 15.3 Å². The van der Waals surface area contributed by atoms with E-state index in [0.717, 1.165) is 6.54 Å². The number of rotatable bonds is 6. The van der Waals surface area contributed by atoms with Crippen molar-refractivity contribution in [1.29, 1.82) is 0 Å². The summed E-state index contributed by atoms with van der Waals surface area (Å²) in [5.41, 5.74) is 0. The van der Waals surface area contributed by atoms with Gasteiger partial charge in [0.2, 0.25) is 0 Å². The Bertz CT molecular complexity index is 312. The van der Waals surface area contributed by atoms with Crippen LogP contribution in [0.15, 0.2) is 15.9 Å². The van der Waals surface area contributed by atoms with Gasteiger partial charge in [-0.25, -0.2) is 0 Å². The normalized spacial score (nSPS) is 15.4. The van der Waals surface area contributed by atoms with Crippen LogP contribution >= 0.6 is 27.3 Å². The third-order valence-corrected chi connectivity index (χ3v) is 4.43. The van der Waals surface area contributed by atoms with Crippen LogP contribution in [0.1, 0.15) is 31.2 Å². The summed E-state index contributed by atoms with van der Waals surface area (Å²) in [5, 5.41) is 5.76. The molecule has 0 aliphatic heterocycles. The van der Waals surface area contributed by atoms with E-state index in [1.165, 1.54) is 15.8 Å². The summed E-state index contributed by atoms with van der Waals surface area (Å²) in [6.07, 6.45) is 1.18. The summed E-state index contributed by atoms with van der Waals surface area (Å²) in [5.74, 6) is 0. The fourth-order valence-electron chi connectivity index (χ4n) is 1.60. The second-order valence-electron chi connectivity index (χ2n) is 4.55. The van der Waals surface area contributed by atoms with Crippen LogP contribution in [0.3, 0.4) is 0 Å². The number of halogens is 1. The Hall–Kier alpha value is 0.1000. The molecule has 0 fully saturated rings. The van der Waals surface area contributed by atoms with Gasteiger partial charge >= 0.3 is 0 Å². The predicted octanol–water partition coefficient (Wildman–Crippen LogP) is 3.50. The molecule has 1 N–H and O–H groups in total. The Morgan fingerprint density at radius 2 is 2.12 bits per heavy atom. The zero-order valence-electron chi connectivity index (χ0n) is 10.5. The number of nitrogens with zero attached hydrogens (tertiary/aromatic N) is 1. The molecule has 0 aromatic carbocycles. The molecule has 0 aliphatic carbocycles. The maximum Gasteiger partial charge on any atom is 0.0388 e. The SMILES string of the molecule is CC(CCN(C)C)NC(C)c1cc(Br)cs1. The lowest BCUT2D eigenvalue weighted by molar-refractivity contribution is 0.355. The second-order valence-corrected chi connectivity index (χ2v) is 6.41. The van der Waals surface area contributed by atoms with Gasteiger partial charge in [-0.3, -0.25) is 0 Å². The van der Waals surface area contributed by atoms with Crippen LogP contribution in [0.4, 0.5) is 0 Å². The van der Waals surface area contributed by atoms with Gasteiger partial charge in [0.05, 0.1) is 0 Å². The summed E-state index contributed by atoms with van der Waals surface area (Å²) in [4.78, 5) is 3.62. The fraction of sp³-hybridized carbons (Fsp3) is 0.667. The molecule has 2 atom stereocenters. The average Bonchev–Trinajstić information content (AvgIpc) is 2.62. The Labute approximate surface area is 111 Å². The van der Waals surface area contributed by atoms with E-state index >= 15 is 0 Å². The van der Waals surface area contributed by atoms with Gasteiger partial charge in [0.1, 0.15) is 0 Å². The van der Waals surface area contributed by atoms with Gasteiger partial charge < -0.3 is 10.2 Å². The highest BCUT2D eigenvalue weighted by Gasteiger charge is 2.11. The average molecular weight is 305 g/mol. The number of nitrogens with one attached hydrogen (secondary N) is 1. The van der Waals surface area contributed by atoms with E-state index in [0.29, 0.717) is 12.1 Å². The maximum atomic E-state index is 3.63. The molecule has 0 saturated heterocycles. The highest BCUT2D eigenvalue weighted by molar-refractivity contribution is 9.10. The predicted molar refractivity (Wildman–Crippen MR) is 76.2 cm³/mol. The van der Waals surface area contributed by atoms with Crippen LogP contribution in [0.5, 0.6) is 0 Å². The van der Waals surface area contributed by atoms with Crippen molar-refractivity contribution in [3.63, 3.8) is 0 Å². The van der Waals surface area contributed by atoms with Gasteiger partial charge in [-0.2, -0.15) is 0 Å². The molecule has 0 bridgehead atoms. The minimum atomic E-state index is 0.438. The Morgan fingerprint density at radius 3 is 2.62 bits per heavy atom. The zero-order valence-corrected chi connectivity index (χ0v) is 12.9. The fourth-order valence-corrected chi connectivity index (χ4v) is 3.06. The van der Waals surface area contributed by atoms with Crippen molar-refractivity contribution in [3.8, 4) is 0 Å². The van der Waals surface area contributed by atoms with Crippen molar-refractivity contribution in [1.82, 2.24) is 10.2 Å². The van der Waals surface area contributed by atoms with Crippen molar-refractivity contribution in [3.05, 3.63) is 20.8 Å². The van der Waals surface area contributed by atoms with Crippen LogP contribution in [-0.4, -0.2) is 31.6 Å². The van der Waals surface area contributed by atoms with Crippen molar-refractivity contribution >= 4 is 27.3 Å². The summed E-state index contributed by atoms with van der Waals surface area (Å²) < 4.78 is 1.18. The van der Waals surface area contributed by atoms with E-state index < -0.39 is 0 Å². The zero-order chi connectivity index (χ0) is 12.1. The van der Waals surface area contributed by atoms with E-state index in [-0.39, 0.29) is 0 Å². The minimum absolute atomic E-state index is 0.438. The smallest absolute Gasteiger partial charge is 0.0388 e. The maximum absolute atomic E-state index is 3.63. The third kappa shape index (κ3) is 4.95. The molecular weight excluding hydrogens is 284 g/mol. The molecule has 0 amide bonds. The molecule has 1 aromatic rings. The van der Waals surface area contributed by atoms with Crippen molar-refractivity contribution < 1.29 is 0 Å². The summed E-state index contributed by atoms with van der Waals surface area (Å²) in [6, 6.07) is 3.19. The lowest BCUT2D eigenvalue weighted by Crippen LogP contribution is -2.31. The van der Waals surface area contributed by atoms with Gasteiger partial charge in [0.25, 0.3) is 0 Å². The molecule has 2 nitrogen and oxygen atoms in total. The molecule has 2 unspecified atom stereocenters. The highest BCUT2D eigenvalue weighted by atomic mass is 79.9. The first kappa shape index (κ1) is 14.2. The third-order valence-electron chi connectivity index (χ3n) is 2.56. The lowest BCUT2D eigenvalue weighted by atomic mass is 10.2. The largest absolute Gasteiger partial charge is 0.309 e. The Kier molecular flexibility index (Phi) is 5.97. The Balaban J connectivity index is 2.36. The highest BCUT2D eigenvalue weighted by Crippen LogP contribution is 2.25. The molecule has 0 saturated carbocycles. The van der Waals surface area contributed by atoms with E-state index in [1.54, 1.807) is 11.3 Å². The quantitative estimate of drug-likeness (QED) is 0.865. The summed E-state index contributed by atoms with van der Waals surface area (Å²) in [6.45, 7) is 5.61. The molecule has 4 heteroatoms. The summed E-state index contributed by atoms with van der Waals surface area (Å²) in [7, 11) is 4.24. The molecule has 1 rings (SSSR count).